The van der Waals surface area contributed by atoms with E-state index in [1.807, 2.05) is 0 Å². The molecule has 0 bridgehead atoms. The Morgan fingerprint density at radius 1 is 1.04 bits per heavy atom. The fourth-order valence-electron chi connectivity index (χ4n) is 2.77. The maximum absolute atomic E-state index is 13.0. The van der Waals surface area contributed by atoms with E-state index in [0.29, 0.717) is 5.69 Å². The van der Waals surface area contributed by atoms with Gasteiger partial charge < -0.3 is 15.5 Å². The summed E-state index contributed by atoms with van der Waals surface area (Å²) in [7, 11) is 0. The molecule has 3 amide bonds. The second-order valence-corrected chi connectivity index (χ2v) is 6.06. The summed E-state index contributed by atoms with van der Waals surface area (Å²) in [6.07, 6.45) is -4.38. The zero-order chi connectivity index (χ0) is 19.6. The van der Waals surface area contributed by atoms with Crippen LogP contribution in [0.4, 0.5) is 33.7 Å². The highest BCUT2D eigenvalue weighted by molar-refractivity contribution is 5.97. The molecule has 0 spiro atoms. The minimum Gasteiger partial charge on any atom is -0.333 e. The molecule has 9 heteroatoms. The van der Waals surface area contributed by atoms with Crippen molar-refractivity contribution in [2.24, 2.45) is 0 Å². The van der Waals surface area contributed by atoms with E-state index in [0.717, 1.165) is 24.3 Å². The van der Waals surface area contributed by atoms with Gasteiger partial charge in [0.25, 0.3) is 0 Å². The van der Waals surface area contributed by atoms with Gasteiger partial charge in [-0.1, -0.05) is 0 Å². The molecule has 1 aliphatic heterocycles. The molecule has 1 atom stereocenters. The molecule has 1 fully saturated rings. The number of alkyl halides is 3. The summed E-state index contributed by atoms with van der Waals surface area (Å²) in [5.41, 5.74) is -0.0983. The Bertz CT molecular complexity index is 835. The van der Waals surface area contributed by atoms with Gasteiger partial charge in [0.2, 0.25) is 5.91 Å². The molecule has 0 unspecified atom stereocenters. The average molecular weight is 381 g/mol. The first-order valence-corrected chi connectivity index (χ1v) is 8.03. The van der Waals surface area contributed by atoms with Gasteiger partial charge in [-0.15, -0.1) is 0 Å². The van der Waals surface area contributed by atoms with Crippen molar-refractivity contribution >= 4 is 23.3 Å². The molecule has 5 nitrogen and oxygen atoms in total. The van der Waals surface area contributed by atoms with Crippen molar-refractivity contribution in [1.82, 2.24) is 5.32 Å². The van der Waals surface area contributed by atoms with Gasteiger partial charge >= 0.3 is 12.2 Å². The van der Waals surface area contributed by atoms with Crippen LogP contribution in [0.2, 0.25) is 0 Å². The lowest BCUT2D eigenvalue weighted by Crippen LogP contribution is -2.39. The predicted molar refractivity (Wildman–Crippen MR) is 90.8 cm³/mol. The minimum atomic E-state index is -4.45. The lowest BCUT2D eigenvalue weighted by atomic mass is 10.2. The predicted octanol–water partition coefficient (Wildman–Crippen LogP) is 3.77. The van der Waals surface area contributed by atoms with Crippen LogP contribution in [0.25, 0.3) is 0 Å². The standard InChI is InChI=1S/C18H15F4N3O2/c19-12-3-7-15(8-4-12)25-10-14(9-16(25)26)24-17(27)23-13-5-1-11(2-6-13)18(20,21)22/h1-8,14H,9-10H2,(H2,23,24,27)/t14-/m1/s1. The molecule has 0 saturated carbocycles. The van der Waals surface area contributed by atoms with Crippen molar-refractivity contribution in [3.63, 3.8) is 0 Å². The van der Waals surface area contributed by atoms with Gasteiger partial charge in [-0.3, -0.25) is 4.79 Å². The molecule has 2 aromatic carbocycles. The van der Waals surface area contributed by atoms with Gasteiger partial charge in [-0.25, -0.2) is 9.18 Å². The van der Waals surface area contributed by atoms with Crippen LogP contribution in [-0.4, -0.2) is 24.5 Å². The number of benzene rings is 2. The minimum absolute atomic E-state index is 0.0673. The van der Waals surface area contributed by atoms with Crippen molar-refractivity contribution in [3.05, 3.63) is 59.9 Å². The molecule has 1 heterocycles. The van der Waals surface area contributed by atoms with E-state index in [9.17, 15) is 27.2 Å². The van der Waals surface area contributed by atoms with Crippen LogP contribution in [0.3, 0.4) is 0 Å². The first-order valence-electron chi connectivity index (χ1n) is 8.03. The normalized spacial score (nSPS) is 17.1. The number of hydrogen-bond acceptors (Lipinski definition) is 2. The Labute approximate surface area is 152 Å². The molecule has 1 saturated heterocycles. The topological polar surface area (TPSA) is 61.4 Å². The molecular formula is C18H15F4N3O2. The van der Waals surface area contributed by atoms with E-state index < -0.39 is 29.6 Å². The third-order valence-electron chi connectivity index (χ3n) is 4.07. The Morgan fingerprint density at radius 2 is 1.67 bits per heavy atom. The Morgan fingerprint density at radius 3 is 2.26 bits per heavy atom. The van der Waals surface area contributed by atoms with E-state index >= 15 is 0 Å². The summed E-state index contributed by atoms with van der Waals surface area (Å²) in [5, 5.41) is 5.03. The third kappa shape index (κ3) is 4.55. The number of carbonyl (C=O) groups is 2. The van der Waals surface area contributed by atoms with Gasteiger partial charge in [0.15, 0.2) is 0 Å². The second kappa shape index (κ2) is 7.26. The number of rotatable bonds is 3. The molecule has 1 aliphatic rings. The first kappa shape index (κ1) is 18.7. The smallest absolute Gasteiger partial charge is 0.333 e. The summed E-state index contributed by atoms with van der Waals surface area (Å²) in [5.74, 6) is -0.641. The highest BCUT2D eigenvalue weighted by atomic mass is 19.4. The van der Waals surface area contributed by atoms with Gasteiger partial charge in [-0.2, -0.15) is 13.2 Å². The molecule has 0 aliphatic carbocycles. The van der Waals surface area contributed by atoms with Gasteiger partial charge in [0.05, 0.1) is 11.6 Å². The molecule has 0 radical (unpaired) electrons. The second-order valence-electron chi connectivity index (χ2n) is 6.06. The highest BCUT2D eigenvalue weighted by Crippen LogP contribution is 2.29. The van der Waals surface area contributed by atoms with Crippen molar-refractivity contribution in [2.75, 3.05) is 16.8 Å². The third-order valence-corrected chi connectivity index (χ3v) is 4.07. The van der Waals surface area contributed by atoms with Crippen LogP contribution in [0.1, 0.15) is 12.0 Å². The number of anilines is 2. The largest absolute Gasteiger partial charge is 0.416 e. The summed E-state index contributed by atoms with van der Waals surface area (Å²) in [6, 6.07) is 8.33. The molecular weight excluding hydrogens is 366 g/mol. The van der Waals surface area contributed by atoms with E-state index in [2.05, 4.69) is 10.6 Å². The maximum Gasteiger partial charge on any atom is 0.416 e. The van der Waals surface area contributed by atoms with Gasteiger partial charge in [-0.05, 0) is 48.5 Å². The summed E-state index contributed by atoms with van der Waals surface area (Å²) in [6.45, 7) is 0.213. The molecule has 3 rings (SSSR count). The lowest BCUT2D eigenvalue weighted by Gasteiger charge is -2.17. The molecule has 27 heavy (non-hydrogen) atoms. The SMILES string of the molecule is O=C(Nc1ccc(C(F)(F)F)cc1)N[C@@H]1CC(=O)N(c2ccc(F)cc2)C1. The van der Waals surface area contributed by atoms with Crippen LogP contribution in [0.15, 0.2) is 48.5 Å². The summed E-state index contributed by atoms with van der Waals surface area (Å²) in [4.78, 5) is 25.5. The molecule has 142 valence electrons. The number of urea groups is 1. The fraction of sp³-hybridized carbons (Fsp3) is 0.222. The lowest BCUT2D eigenvalue weighted by molar-refractivity contribution is -0.137. The van der Waals surface area contributed by atoms with Crippen LogP contribution >= 0.6 is 0 Å². The van der Waals surface area contributed by atoms with Crippen molar-refractivity contribution < 1.29 is 27.2 Å². The quantitative estimate of drug-likeness (QED) is 0.795. The number of halogens is 4. The van der Waals surface area contributed by atoms with Crippen LogP contribution < -0.4 is 15.5 Å². The molecule has 2 aromatic rings. The number of nitrogens with one attached hydrogen (secondary N) is 2. The van der Waals surface area contributed by atoms with Gasteiger partial charge in [0, 0.05) is 24.3 Å². The first-order chi connectivity index (χ1) is 12.7. The number of nitrogens with zero attached hydrogens (tertiary/aromatic N) is 1. The van der Waals surface area contributed by atoms with E-state index in [4.69, 9.17) is 0 Å². The average Bonchev–Trinajstić information content (AvgIpc) is 2.95. The zero-order valence-electron chi connectivity index (χ0n) is 13.9. The monoisotopic (exact) mass is 381 g/mol. The van der Waals surface area contributed by atoms with Crippen molar-refractivity contribution in [1.29, 1.82) is 0 Å². The number of amides is 3. The van der Waals surface area contributed by atoms with Crippen LogP contribution in [0, 0.1) is 5.82 Å². The van der Waals surface area contributed by atoms with Crippen molar-refractivity contribution in [3.8, 4) is 0 Å². The van der Waals surface area contributed by atoms with Crippen molar-refractivity contribution in [2.45, 2.75) is 18.6 Å². The highest BCUT2D eigenvalue weighted by Gasteiger charge is 2.32. The number of carbonyl (C=O) groups excluding carboxylic acids is 2. The van der Waals surface area contributed by atoms with E-state index in [1.165, 1.54) is 29.2 Å². The number of hydrogen-bond donors (Lipinski definition) is 2. The van der Waals surface area contributed by atoms with Crippen LogP contribution in [-0.2, 0) is 11.0 Å². The van der Waals surface area contributed by atoms with E-state index in [-0.39, 0.29) is 24.6 Å². The van der Waals surface area contributed by atoms with Crippen LogP contribution in [0.5, 0.6) is 0 Å². The molecule has 2 N–H and O–H groups in total. The maximum atomic E-state index is 13.0. The Kier molecular flexibility index (Phi) is 5.02. The summed E-state index contributed by atoms with van der Waals surface area (Å²) < 4.78 is 50.6. The Hall–Kier alpha value is -3.10. The molecule has 0 aromatic heterocycles. The summed E-state index contributed by atoms with van der Waals surface area (Å²) >= 11 is 0. The fourth-order valence-corrected chi connectivity index (χ4v) is 2.77. The van der Waals surface area contributed by atoms with Gasteiger partial charge in [0.1, 0.15) is 5.82 Å². The Balaban J connectivity index is 1.57. The van der Waals surface area contributed by atoms with E-state index in [1.54, 1.807) is 0 Å². The zero-order valence-corrected chi connectivity index (χ0v) is 13.9.